The molecule has 0 aromatic rings. The predicted molar refractivity (Wildman–Crippen MR) is 88.6 cm³/mol. The van der Waals surface area contributed by atoms with Crippen LogP contribution in [0.3, 0.4) is 0 Å². The monoisotopic (exact) mass is 318 g/mol. The minimum absolute atomic E-state index is 0.0491. The van der Waals surface area contributed by atoms with E-state index in [-0.39, 0.29) is 29.1 Å². The van der Waals surface area contributed by atoms with Gasteiger partial charge in [-0.05, 0) is 66.6 Å². The lowest BCUT2D eigenvalue weighted by atomic mass is 9.41. The van der Waals surface area contributed by atoms with Crippen molar-refractivity contribution >= 4 is 5.78 Å². The van der Waals surface area contributed by atoms with E-state index in [9.17, 15) is 15.0 Å². The van der Waals surface area contributed by atoms with Crippen molar-refractivity contribution in [1.29, 1.82) is 0 Å². The molecule has 128 valence electrons. The number of ketones is 1. The highest BCUT2D eigenvalue weighted by Gasteiger charge is 2.65. The summed E-state index contributed by atoms with van der Waals surface area (Å²) in [4.78, 5) is 13.1. The Bertz CT molecular complexity index is 569. The minimum Gasteiger partial charge on any atom is -0.396 e. The van der Waals surface area contributed by atoms with Gasteiger partial charge in [0.1, 0.15) is 6.10 Å². The van der Waals surface area contributed by atoms with Gasteiger partial charge < -0.3 is 10.2 Å². The molecule has 0 heterocycles. The van der Waals surface area contributed by atoms with Crippen LogP contribution in [0.15, 0.2) is 12.2 Å². The van der Waals surface area contributed by atoms with E-state index < -0.39 is 11.5 Å². The largest absolute Gasteiger partial charge is 0.396 e. The highest BCUT2D eigenvalue weighted by atomic mass is 16.3. The summed E-state index contributed by atoms with van der Waals surface area (Å²) in [5.41, 5.74) is -0.600. The summed E-state index contributed by atoms with van der Waals surface area (Å²) in [7, 11) is 0. The Hall–Kier alpha value is -0.670. The van der Waals surface area contributed by atoms with Crippen LogP contribution in [0.1, 0.15) is 52.9 Å². The van der Waals surface area contributed by atoms with Crippen molar-refractivity contribution < 1.29 is 15.0 Å². The zero-order chi connectivity index (χ0) is 16.6. The molecule has 4 aliphatic rings. The van der Waals surface area contributed by atoms with E-state index in [1.54, 1.807) is 0 Å². The zero-order valence-corrected chi connectivity index (χ0v) is 14.6. The molecule has 0 amide bonds. The molecule has 8 atom stereocenters. The van der Waals surface area contributed by atoms with Crippen LogP contribution in [0.5, 0.6) is 0 Å². The minimum atomic E-state index is -0.910. The first-order valence-corrected chi connectivity index (χ1v) is 9.26. The number of fused-ring (bicyclic) bond motifs is 6. The van der Waals surface area contributed by atoms with Crippen molar-refractivity contribution in [3.8, 4) is 0 Å². The number of rotatable bonds is 1. The van der Waals surface area contributed by atoms with E-state index in [0.717, 1.165) is 19.3 Å². The summed E-state index contributed by atoms with van der Waals surface area (Å²) < 4.78 is 0. The Morgan fingerprint density at radius 2 is 1.91 bits per heavy atom. The van der Waals surface area contributed by atoms with E-state index in [1.807, 2.05) is 0 Å². The molecule has 0 aromatic heterocycles. The molecule has 0 spiro atoms. The number of hydrogen-bond donors (Lipinski definition) is 2. The summed E-state index contributed by atoms with van der Waals surface area (Å²) in [6.07, 6.45) is 8.72. The molecule has 0 saturated heterocycles. The fourth-order valence-corrected chi connectivity index (χ4v) is 7.05. The molecular formula is C20H30O3. The van der Waals surface area contributed by atoms with Crippen molar-refractivity contribution in [2.45, 2.75) is 59.0 Å². The van der Waals surface area contributed by atoms with Crippen molar-refractivity contribution in [3.05, 3.63) is 12.2 Å². The average Bonchev–Trinajstić information content (AvgIpc) is 2.82. The number of hydrogen-bond acceptors (Lipinski definition) is 3. The molecule has 3 nitrogen and oxygen atoms in total. The van der Waals surface area contributed by atoms with Crippen LogP contribution in [0, 0.1) is 39.9 Å². The van der Waals surface area contributed by atoms with Crippen molar-refractivity contribution in [2.75, 3.05) is 6.61 Å². The maximum absolute atomic E-state index is 13.1. The molecule has 8 unspecified atom stereocenters. The van der Waals surface area contributed by atoms with Gasteiger partial charge in [-0.3, -0.25) is 4.79 Å². The molecule has 3 fully saturated rings. The molecule has 0 aliphatic heterocycles. The molecule has 3 heteroatoms. The number of aliphatic hydroxyl groups excluding tert-OH is 2. The van der Waals surface area contributed by atoms with Gasteiger partial charge >= 0.3 is 0 Å². The molecule has 4 aliphatic carbocycles. The van der Waals surface area contributed by atoms with Crippen molar-refractivity contribution in [2.24, 2.45) is 39.9 Å². The molecular weight excluding hydrogens is 288 g/mol. The average molecular weight is 318 g/mol. The second-order valence-corrected chi connectivity index (χ2v) is 9.66. The maximum Gasteiger partial charge on any atom is 0.167 e. The predicted octanol–water partition coefficient (Wildman–Crippen LogP) is 2.95. The Labute approximate surface area is 139 Å². The van der Waals surface area contributed by atoms with Gasteiger partial charge in [0.05, 0.1) is 0 Å². The van der Waals surface area contributed by atoms with Crippen LogP contribution in [0.4, 0.5) is 0 Å². The first-order chi connectivity index (χ1) is 10.7. The zero-order valence-electron chi connectivity index (χ0n) is 14.6. The molecule has 0 radical (unpaired) electrons. The van der Waals surface area contributed by atoms with Crippen LogP contribution >= 0.6 is 0 Å². The molecule has 0 aromatic carbocycles. The summed E-state index contributed by atoms with van der Waals surface area (Å²) in [5.74, 6) is 1.75. The number of carbonyl (C=O) groups excluding carboxylic acids is 1. The van der Waals surface area contributed by atoms with Gasteiger partial charge in [0, 0.05) is 12.0 Å². The highest BCUT2D eigenvalue weighted by molar-refractivity contribution is 5.90. The lowest BCUT2D eigenvalue weighted by Crippen LogP contribution is -2.63. The van der Waals surface area contributed by atoms with E-state index in [2.05, 4.69) is 32.9 Å². The molecule has 2 N–H and O–H groups in total. The summed E-state index contributed by atoms with van der Waals surface area (Å²) in [6.45, 7) is 6.57. The van der Waals surface area contributed by atoms with Crippen LogP contribution in [-0.4, -0.2) is 28.7 Å². The topological polar surface area (TPSA) is 57.5 Å². The third-order valence-corrected chi connectivity index (χ3v) is 8.18. The quantitative estimate of drug-likeness (QED) is 0.731. The van der Waals surface area contributed by atoms with Crippen LogP contribution in [0.25, 0.3) is 0 Å². The fourth-order valence-electron chi connectivity index (χ4n) is 7.05. The number of allylic oxidation sites excluding steroid dienone is 2. The Morgan fingerprint density at radius 3 is 2.61 bits per heavy atom. The van der Waals surface area contributed by atoms with Gasteiger partial charge in [-0.25, -0.2) is 0 Å². The first kappa shape index (κ1) is 15.8. The van der Waals surface area contributed by atoms with Gasteiger partial charge in [0.15, 0.2) is 5.78 Å². The molecule has 4 rings (SSSR count). The highest BCUT2D eigenvalue weighted by Crippen LogP contribution is 2.66. The summed E-state index contributed by atoms with van der Waals surface area (Å²) in [6, 6.07) is 0. The Kier molecular flexibility index (Phi) is 3.23. The summed E-state index contributed by atoms with van der Waals surface area (Å²) in [5, 5.41) is 20.5. The number of aliphatic hydroxyl groups is 2. The van der Waals surface area contributed by atoms with Crippen LogP contribution < -0.4 is 0 Å². The lowest BCUT2D eigenvalue weighted by Gasteiger charge is -2.62. The van der Waals surface area contributed by atoms with Crippen LogP contribution in [0.2, 0.25) is 0 Å². The normalized spacial score (nSPS) is 58.0. The summed E-state index contributed by atoms with van der Waals surface area (Å²) >= 11 is 0. The second-order valence-electron chi connectivity index (χ2n) is 9.66. The fraction of sp³-hybridized carbons (Fsp3) is 0.850. The van der Waals surface area contributed by atoms with Gasteiger partial charge in [0.25, 0.3) is 0 Å². The molecule has 3 saturated carbocycles. The van der Waals surface area contributed by atoms with Crippen LogP contribution in [-0.2, 0) is 4.79 Å². The van der Waals surface area contributed by atoms with E-state index in [0.29, 0.717) is 24.2 Å². The van der Waals surface area contributed by atoms with Crippen molar-refractivity contribution in [3.63, 3.8) is 0 Å². The molecule has 23 heavy (non-hydrogen) atoms. The number of carbonyl (C=O) groups is 1. The third kappa shape index (κ3) is 1.93. The second kappa shape index (κ2) is 4.70. The van der Waals surface area contributed by atoms with E-state index >= 15 is 0 Å². The lowest BCUT2D eigenvalue weighted by molar-refractivity contribution is -0.185. The SMILES string of the molecule is CC12C=CC(C1)C1CCC3C(C)(CO)CC(O)C(=O)C3(C)C1C2. The number of Topliss-reactive ketones (excluding diaryl/α,β-unsaturated/α-hetero) is 1. The molecule has 2 bridgehead atoms. The first-order valence-electron chi connectivity index (χ1n) is 9.26. The Balaban J connectivity index is 1.79. The van der Waals surface area contributed by atoms with Crippen molar-refractivity contribution in [1.82, 2.24) is 0 Å². The van der Waals surface area contributed by atoms with E-state index in [4.69, 9.17) is 0 Å². The standard InChI is InChI=1S/C20H30O3/c1-18-7-6-12(8-18)13-4-5-16-19(2,11-21)10-15(22)17(23)20(16,3)14(13)9-18/h6-7,12-16,21-22H,4-5,8-11H2,1-3H3. The van der Waals surface area contributed by atoms with Gasteiger partial charge in [-0.1, -0.05) is 32.9 Å². The Morgan fingerprint density at radius 1 is 1.17 bits per heavy atom. The third-order valence-electron chi connectivity index (χ3n) is 8.18. The van der Waals surface area contributed by atoms with Gasteiger partial charge in [-0.15, -0.1) is 0 Å². The van der Waals surface area contributed by atoms with E-state index in [1.165, 1.54) is 6.42 Å². The maximum atomic E-state index is 13.1. The van der Waals surface area contributed by atoms with Gasteiger partial charge in [0.2, 0.25) is 0 Å². The van der Waals surface area contributed by atoms with Gasteiger partial charge in [-0.2, -0.15) is 0 Å². The smallest absolute Gasteiger partial charge is 0.167 e.